The third-order valence-corrected chi connectivity index (χ3v) is 5.81. The number of nitrogens with zero attached hydrogens (tertiary/aromatic N) is 4. The fourth-order valence-electron chi connectivity index (χ4n) is 4.36. The van der Waals surface area contributed by atoms with Gasteiger partial charge in [-0.05, 0) is 39.5 Å². The molecule has 3 heterocycles. The van der Waals surface area contributed by atoms with Gasteiger partial charge in [0.25, 0.3) is 0 Å². The van der Waals surface area contributed by atoms with Crippen molar-refractivity contribution in [2.75, 3.05) is 18.0 Å². The molecule has 0 saturated carbocycles. The van der Waals surface area contributed by atoms with Gasteiger partial charge in [-0.25, -0.2) is 9.78 Å². The molecular weight excluding hydrogens is 404 g/mol. The highest BCUT2D eigenvalue weighted by Gasteiger charge is 2.38. The third-order valence-electron chi connectivity index (χ3n) is 5.81. The largest absolute Gasteiger partial charge is 0.479 e. The van der Waals surface area contributed by atoms with E-state index in [-0.39, 0.29) is 5.41 Å². The second kappa shape index (κ2) is 7.89. The van der Waals surface area contributed by atoms with Crippen molar-refractivity contribution in [2.24, 2.45) is 5.41 Å². The summed E-state index contributed by atoms with van der Waals surface area (Å²) in [5, 5.41) is 15.0. The maximum Gasteiger partial charge on any atom is 0.337 e. The molecule has 32 heavy (non-hydrogen) atoms. The van der Waals surface area contributed by atoms with Gasteiger partial charge in [-0.15, -0.1) is 0 Å². The predicted molar refractivity (Wildman–Crippen MR) is 125 cm³/mol. The average Bonchev–Trinajstić information content (AvgIpc) is 3.28. The molecule has 1 saturated heterocycles. The summed E-state index contributed by atoms with van der Waals surface area (Å²) < 4.78 is 7.85. The number of carboxylic acid groups (broad SMARTS) is 1. The van der Waals surface area contributed by atoms with Gasteiger partial charge in [0.05, 0.1) is 16.9 Å². The minimum absolute atomic E-state index is 0.125. The van der Waals surface area contributed by atoms with Crippen LogP contribution in [0.25, 0.3) is 16.9 Å². The first-order valence-electron chi connectivity index (χ1n) is 11.1. The molecule has 0 aliphatic carbocycles. The SMILES string of the molecule is Cc1nc2cc(-c3ccccc3)nn2c(N2CCC(C)(C)C2)c1[C@H](OC(C)(C)C)C(=O)O. The zero-order valence-electron chi connectivity index (χ0n) is 19.7. The van der Waals surface area contributed by atoms with E-state index in [1.54, 1.807) is 4.52 Å². The van der Waals surface area contributed by atoms with E-state index in [1.165, 1.54) is 0 Å². The number of benzene rings is 1. The first-order valence-corrected chi connectivity index (χ1v) is 11.1. The highest BCUT2D eigenvalue weighted by atomic mass is 16.5. The summed E-state index contributed by atoms with van der Waals surface area (Å²) in [6.07, 6.45) is -0.130. The molecule has 1 aliphatic heterocycles. The predicted octanol–water partition coefficient (Wildman–Crippen LogP) is 4.88. The van der Waals surface area contributed by atoms with Gasteiger partial charge in [0, 0.05) is 30.4 Å². The van der Waals surface area contributed by atoms with Gasteiger partial charge in [-0.3, -0.25) is 0 Å². The number of carboxylic acids is 1. The molecule has 1 atom stereocenters. The first-order chi connectivity index (χ1) is 15.0. The maximum absolute atomic E-state index is 12.4. The number of hydrogen-bond donors (Lipinski definition) is 1. The molecule has 0 amide bonds. The summed E-state index contributed by atoms with van der Waals surface area (Å²) in [6, 6.07) is 11.9. The van der Waals surface area contributed by atoms with E-state index >= 15 is 0 Å². The van der Waals surface area contributed by atoms with Crippen LogP contribution in [0.15, 0.2) is 36.4 Å². The van der Waals surface area contributed by atoms with E-state index in [0.29, 0.717) is 16.9 Å². The summed E-state index contributed by atoms with van der Waals surface area (Å²) in [4.78, 5) is 19.4. The summed E-state index contributed by atoms with van der Waals surface area (Å²) in [7, 11) is 0. The maximum atomic E-state index is 12.4. The van der Waals surface area contributed by atoms with Crippen molar-refractivity contribution in [3.63, 3.8) is 0 Å². The van der Waals surface area contributed by atoms with Crippen molar-refractivity contribution in [2.45, 2.75) is 59.7 Å². The van der Waals surface area contributed by atoms with Crippen molar-refractivity contribution in [1.29, 1.82) is 0 Å². The smallest absolute Gasteiger partial charge is 0.337 e. The van der Waals surface area contributed by atoms with Crippen molar-refractivity contribution < 1.29 is 14.6 Å². The van der Waals surface area contributed by atoms with Gasteiger partial charge in [-0.1, -0.05) is 44.2 Å². The van der Waals surface area contributed by atoms with Crippen molar-refractivity contribution in [1.82, 2.24) is 14.6 Å². The summed E-state index contributed by atoms with van der Waals surface area (Å²) in [5.74, 6) is -0.267. The van der Waals surface area contributed by atoms with Crippen LogP contribution in [0.1, 0.15) is 58.4 Å². The molecule has 0 spiro atoms. The monoisotopic (exact) mass is 436 g/mol. The molecule has 4 rings (SSSR count). The van der Waals surface area contributed by atoms with E-state index in [9.17, 15) is 9.90 Å². The normalized spacial score (nSPS) is 17.1. The Balaban J connectivity index is 1.97. The van der Waals surface area contributed by atoms with Crippen LogP contribution in [0, 0.1) is 12.3 Å². The highest BCUT2D eigenvalue weighted by molar-refractivity contribution is 5.79. The van der Waals surface area contributed by atoms with Gasteiger partial charge in [0.1, 0.15) is 5.82 Å². The quantitative estimate of drug-likeness (QED) is 0.614. The standard InChI is InChI=1S/C25H32N4O3/c1-16-20(21(23(30)31)32-24(2,3)4)22(28-13-12-25(5,6)15-28)29-19(26-16)14-18(27-29)17-10-8-7-9-11-17/h7-11,14,21H,12-13,15H2,1-6H3,(H,30,31)/t21-/m0/s1. The van der Waals surface area contributed by atoms with E-state index in [2.05, 4.69) is 18.7 Å². The molecule has 1 fully saturated rings. The molecule has 170 valence electrons. The van der Waals surface area contributed by atoms with Gasteiger partial charge < -0.3 is 14.7 Å². The Labute approximate surface area is 189 Å². The molecule has 1 N–H and O–H groups in total. The number of aromatic nitrogens is 3. The molecule has 2 aromatic heterocycles. The molecule has 0 bridgehead atoms. The number of rotatable bonds is 5. The lowest BCUT2D eigenvalue weighted by atomic mass is 9.93. The van der Waals surface area contributed by atoms with E-state index < -0.39 is 17.7 Å². The fourth-order valence-corrected chi connectivity index (χ4v) is 4.36. The average molecular weight is 437 g/mol. The molecule has 3 aromatic rings. The summed E-state index contributed by atoms with van der Waals surface area (Å²) in [5.41, 5.74) is 3.20. The lowest BCUT2D eigenvalue weighted by Crippen LogP contribution is -2.32. The van der Waals surface area contributed by atoms with Crippen molar-refractivity contribution in [3.8, 4) is 11.3 Å². The Morgan fingerprint density at radius 3 is 2.47 bits per heavy atom. The fraction of sp³-hybridized carbons (Fsp3) is 0.480. The molecular formula is C25H32N4O3. The lowest BCUT2D eigenvalue weighted by molar-refractivity contribution is -0.160. The van der Waals surface area contributed by atoms with E-state index in [4.69, 9.17) is 14.8 Å². The molecule has 0 unspecified atom stereocenters. The first kappa shape index (κ1) is 22.3. The molecule has 1 aromatic carbocycles. The third kappa shape index (κ3) is 4.35. The van der Waals surface area contributed by atoms with Gasteiger partial charge in [-0.2, -0.15) is 9.61 Å². The zero-order chi connectivity index (χ0) is 23.3. The van der Waals surface area contributed by atoms with Crippen LogP contribution in [-0.2, 0) is 9.53 Å². The van der Waals surface area contributed by atoms with Crippen molar-refractivity contribution in [3.05, 3.63) is 47.7 Å². The Hall–Kier alpha value is -2.93. The van der Waals surface area contributed by atoms with Gasteiger partial charge >= 0.3 is 5.97 Å². The van der Waals surface area contributed by atoms with Crippen LogP contribution in [0.3, 0.4) is 0 Å². The number of fused-ring (bicyclic) bond motifs is 1. The Kier molecular flexibility index (Phi) is 5.49. The van der Waals surface area contributed by atoms with Gasteiger partial charge in [0.2, 0.25) is 0 Å². The molecule has 7 heteroatoms. The second-order valence-electron chi connectivity index (χ2n) is 10.4. The molecule has 0 radical (unpaired) electrons. The van der Waals surface area contributed by atoms with E-state index in [1.807, 2.05) is 64.1 Å². The second-order valence-corrected chi connectivity index (χ2v) is 10.4. The van der Waals surface area contributed by atoms with Crippen LogP contribution in [-0.4, -0.2) is 44.4 Å². The van der Waals surface area contributed by atoms with Crippen LogP contribution < -0.4 is 4.90 Å². The summed E-state index contributed by atoms with van der Waals surface area (Å²) in [6.45, 7) is 13.5. The number of aryl methyl sites for hydroxylation is 1. The number of anilines is 1. The number of carbonyl (C=O) groups is 1. The summed E-state index contributed by atoms with van der Waals surface area (Å²) >= 11 is 0. The lowest BCUT2D eigenvalue weighted by Gasteiger charge is -2.30. The van der Waals surface area contributed by atoms with Crippen LogP contribution >= 0.6 is 0 Å². The zero-order valence-corrected chi connectivity index (χ0v) is 19.7. The Morgan fingerprint density at radius 1 is 1.22 bits per heavy atom. The number of aliphatic carboxylic acids is 1. The number of ether oxygens (including phenoxy) is 1. The minimum Gasteiger partial charge on any atom is -0.479 e. The number of hydrogen-bond acceptors (Lipinski definition) is 5. The van der Waals surface area contributed by atoms with E-state index in [0.717, 1.165) is 36.6 Å². The Bertz CT molecular complexity index is 1150. The van der Waals surface area contributed by atoms with Crippen molar-refractivity contribution >= 4 is 17.4 Å². The van der Waals surface area contributed by atoms with Crippen LogP contribution in [0.4, 0.5) is 5.82 Å². The molecule has 7 nitrogen and oxygen atoms in total. The topological polar surface area (TPSA) is 80.0 Å². The highest BCUT2D eigenvalue weighted by Crippen LogP contribution is 2.39. The minimum atomic E-state index is -1.14. The van der Waals surface area contributed by atoms with Crippen LogP contribution in [0.5, 0.6) is 0 Å². The molecule has 1 aliphatic rings. The van der Waals surface area contributed by atoms with Crippen LogP contribution in [0.2, 0.25) is 0 Å². The Morgan fingerprint density at radius 2 is 1.91 bits per heavy atom. The van der Waals surface area contributed by atoms with Gasteiger partial charge in [0.15, 0.2) is 11.8 Å².